The van der Waals surface area contributed by atoms with E-state index in [-0.39, 0.29) is 0 Å². The highest BCUT2D eigenvalue weighted by molar-refractivity contribution is 5.86. The Bertz CT molecular complexity index is 516. The minimum absolute atomic E-state index is 0.343. The lowest BCUT2D eigenvalue weighted by molar-refractivity contribution is 0.476. The van der Waals surface area contributed by atoms with Gasteiger partial charge in [-0.1, -0.05) is 0 Å². The number of nitrogens with one attached hydrogen (secondary N) is 2. The van der Waals surface area contributed by atoms with Crippen molar-refractivity contribution in [3.05, 3.63) is 29.5 Å². The van der Waals surface area contributed by atoms with E-state index < -0.39 is 0 Å². The number of aromatic amines is 1. The number of hydrogen-bond donors (Lipinski definition) is 3. The topological polar surface area (TPSA) is 48.0 Å². The van der Waals surface area contributed by atoms with Gasteiger partial charge in [-0.25, -0.2) is 0 Å². The molecule has 0 spiro atoms. The lowest BCUT2D eigenvalue weighted by Crippen LogP contribution is -2.32. The fraction of sp³-hybridized carbons (Fsp3) is 0.333. The van der Waals surface area contributed by atoms with Crippen molar-refractivity contribution in [2.45, 2.75) is 25.9 Å². The zero-order chi connectivity index (χ0) is 10.4. The molecule has 1 atom stereocenters. The van der Waals surface area contributed by atoms with Gasteiger partial charge < -0.3 is 15.4 Å². The average Bonchev–Trinajstić information content (AvgIpc) is 2.56. The molecule has 1 aromatic carbocycles. The van der Waals surface area contributed by atoms with E-state index in [1.807, 2.05) is 12.1 Å². The van der Waals surface area contributed by atoms with Gasteiger partial charge in [0, 0.05) is 29.2 Å². The summed E-state index contributed by atoms with van der Waals surface area (Å²) < 4.78 is 0. The number of H-pyrrole nitrogens is 1. The van der Waals surface area contributed by atoms with Gasteiger partial charge in [0.1, 0.15) is 5.75 Å². The third kappa shape index (κ3) is 1.31. The molecule has 3 nitrogen and oxygen atoms in total. The number of hydrogen-bond acceptors (Lipinski definition) is 2. The first-order valence-corrected chi connectivity index (χ1v) is 5.30. The minimum atomic E-state index is 0.343. The molecule has 0 aliphatic carbocycles. The van der Waals surface area contributed by atoms with Gasteiger partial charge in [-0.3, -0.25) is 0 Å². The first kappa shape index (κ1) is 8.80. The zero-order valence-corrected chi connectivity index (χ0v) is 8.67. The second-order valence-corrected chi connectivity index (χ2v) is 4.30. The summed E-state index contributed by atoms with van der Waals surface area (Å²) in [6.07, 6.45) is 1.03. The second kappa shape index (κ2) is 3.00. The molecule has 3 heteroatoms. The Morgan fingerprint density at radius 3 is 3.13 bits per heavy atom. The van der Waals surface area contributed by atoms with E-state index in [1.54, 1.807) is 6.07 Å². The van der Waals surface area contributed by atoms with E-state index in [0.717, 1.165) is 18.5 Å². The van der Waals surface area contributed by atoms with Gasteiger partial charge in [-0.15, -0.1) is 0 Å². The molecule has 3 N–H and O–H groups in total. The van der Waals surface area contributed by atoms with Crippen molar-refractivity contribution < 1.29 is 5.11 Å². The Morgan fingerprint density at radius 1 is 1.40 bits per heavy atom. The molecule has 1 aliphatic rings. The van der Waals surface area contributed by atoms with Gasteiger partial charge >= 0.3 is 0 Å². The van der Waals surface area contributed by atoms with Crippen LogP contribution in [0.3, 0.4) is 0 Å². The monoisotopic (exact) mass is 202 g/mol. The summed E-state index contributed by atoms with van der Waals surface area (Å²) in [5, 5.41) is 14.1. The van der Waals surface area contributed by atoms with Crippen molar-refractivity contribution in [1.82, 2.24) is 10.3 Å². The fourth-order valence-corrected chi connectivity index (χ4v) is 2.33. The van der Waals surface area contributed by atoms with Crippen LogP contribution in [0.1, 0.15) is 18.2 Å². The maximum Gasteiger partial charge on any atom is 0.116 e. The summed E-state index contributed by atoms with van der Waals surface area (Å²) in [6.45, 7) is 3.08. The van der Waals surface area contributed by atoms with Crippen molar-refractivity contribution in [2.24, 2.45) is 0 Å². The van der Waals surface area contributed by atoms with Gasteiger partial charge in [0.05, 0.1) is 0 Å². The number of aromatic hydroxyl groups is 1. The Labute approximate surface area is 88.1 Å². The molecule has 0 radical (unpaired) electrons. The van der Waals surface area contributed by atoms with Crippen molar-refractivity contribution in [1.29, 1.82) is 0 Å². The molecule has 2 aromatic rings. The second-order valence-electron chi connectivity index (χ2n) is 4.30. The third-order valence-electron chi connectivity index (χ3n) is 3.12. The van der Waals surface area contributed by atoms with Crippen molar-refractivity contribution in [2.75, 3.05) is 0 Å². The summed E-state index contributed by atoms with van der Waals surface area (Å²) in [5.74, 6) is 0.343. The quantitative estimate of drug-likeness (QED) is 0.611. The minimum Gasteiger partial charge on any atom is -0.508 e. The maximum absolute atomic E-state index is 9.49. The number of fused-ring (bicyclic) bond motifs is 3. The van der Waals surface area contributed by atoms with Crippen LogP contribution in [0.5, 0.6) is 5.75 Å². The van der Waals surface area contributed by atoms with E-state index in [9.17, 15) is 5.11 Å². The molecular weight excluding hydrogens is 188 g/mol. The smallest absolute Gasteiger partial charge is 0.116 e. The van der Waals surface area contributed by atoms with Gasteiger partial charge in [0.15, 0.2) is 0 Å². The van der Waals surface area contributed by atoms with Gasteiger partial charge in [-0.05, 0) is 37.1 Å². The lowest BCUT2D eigenvalue weighted by atomic mass is 10.00. The van der Waals surface area contributed by atoms with Crippen LogP contribution < -0.4 is 5.32 Å². The van der Waals surface area contributed by atoms with E-state index in [2.05, 4.69) is 17.2 Å². The molecule has 0 saturated carbocycles. The molecule has 3 rings (SSSR count). The number of benzene rings is 1. The van der Waals surface area contributed by atoms with Crippen LogP contribution in [-0.2, 0) is 13.0 Å². The standard InChI is InChI=1S/C12H14N2O/c1-7-4-9-10-5-8(15)2-3-11(10)14-12(9)6-13-7/h2-3,5,7,13-15H,4,6H2,1H3. The molecule has 0 amide bonds. The molecule has 1 aliphatic heterocycles. The average molecular weight is 202 g/mol. The van der Waals surface area contributed by atoms with Crippen LogP contribution in [0.4, 0.5) is 0 Å². The van der Waals surface area contributed by atoms with Crippen LogP contribution in [0.2, 0.25) is 0 Å². The van der Waals surface area contributed by atoms with Crippen LogP contribution in [0, 0.1) is 0 Å². The Balaban J connectivity index is 2.25. The van der Waals surface area contributed by atoms with Crippen LogP contribution in [-0.4, -0.2) is 16.1 Å². The molecule has 0 bridgehead atoms. The largest absolute Gasteiger partial charge is 0.508 e. The van der Waals surface area contributed by atoms with E-state index in [4.69, 9.17) is 0 Å². The summed E-state index contributed by atoms with van der Waals surface area (Å²) >= 11 is 0. The van der Waals surface area contributed by atoms with Gasteiger partial charge in [0.2, 0.25) is 0 Å². The summed E-state index contributed by atoms with van der Waals surface area (Å²) in [5.41, 5.74) is 3.73. The summed E-state index contributed by atoms with van der Waals surface area (Å²) in [4.78, 5) is 3.39. The first-order chi connectivity index (χ1) is 7.24. The van der Waals surface area contributed by atoms with Crippen molar-refractivity contribution >= 4 is 10.9 Å². The predicted molar refractivity (Wildman–Crippen MR) is 60.0 cm³/mol. The van der Waals surface area contributed by atoms with Gasteiger partial charge in [-0.2, -0.15) is 0 Å². The third-order valence-corrected chi connectivity index (χ3v) is 3.12. The molecule has 1 unspecified atom stereocenters. The molecule has 2 heterocycles. The molecule has 78 valence electrons. The maximum atomic E-state index is 9.49. The summed E-state index contributed by atoms with van der Waals surface area (Å²) in [7, 11) is 0. The molecule has 0 saturated heterocycles. The molecule has 1 aromatic heterocycles. The molecule has 0 fully saturated rings. The number of phenolic OH excluding ortho intramolecular Hbond substituents is 1. The number of phenols is 1. The Kier molecular flexibility index (Phi) is 1.76. The molecule has 15 heavy (non-hydrogen) atoms. The van der Waals surface area contributed by atoms with Crippen molar-refractivity contribution in [3.8, 4) is 5.75 Å². The van der Waals surface area contributed by atoms with Gasteiger partial charge in [0.25, 0.3) is 0 Å². The SMILES string of the molecule is CC1Cc2c([nH]c3ccc(O)cc23)CN1. The van der Waals surface area contributed by atoms with Crippen molar-refractivity contribution in [3.63, 3.8) is 0 Å². The normalized spacial score (nSPS) is 20.5. The number of rotatable bonds is 0. The highest BCUT2D eigenvalue weighted by Crippen LogP contribution is 2.28. The first-order valence-electron chi connectivity index (χ1n) is 5.30. The van der Waals surface area contributed by atoms with Crippen LogP contribution >= 0.6 is 0 Å². The molecular formula is C12H14N2O. The Hall–Kier alpha value is -1.48. The highest BCUT2D eigenvalue weighted by Gasteiger charge is 2.18. The van der Waals surface area contributed by atoms with Crippen LogP contribution in [0.15, 0.2) is 18.2 Å². The van der Waals surface area contributed by atoms with Crippen LogP contribution in [0.25, 0.3) is 10.9 Å². The predicted octanol–water partition coefficient (Wildman–Crippen LogP) is 1.91. The lowest BCUT2D eigenvalue weighted by Gasteiger charge is -2.20. The zero-order valence-electron chi connectivity index (χ0n) is 8.67. The van der Waals surface area contributed by atoms with E-state index in [1.165, 1.54) is 16.6 Å². The van der Waals surface area contributed by atoms with E-state index in [0.29, 0.717) is 11.8 Å². The fourth-order valence-electron chi connectivity index (χ4n) is 2.33. The number of aromatic nitrogens is 1. The van der Waals surface area contributed by atoms with E-state index >= 15 is 0 Å². The highest BCUT2D eigenvalue weighted by atomic mass is 16.3. The Morgan fingerprint density at radius 2 is 2.27 bits per heavy atom. The summed E-state index contributed by atoms with van der Waals surface area (Å²) in [6, 6.07) is 6.02.